The highest BCUT2D eigenvalue weighted by Gasteiger charge is 2.14. The van der Waals surface area contributed by atoms with Gasteiger partial charge < -0.3 is 19.4 Å². The molecule has 2 rings (SSSR count). The number of hydrogen-bond acceptors (Lipinski definition) is 6. The summed E-state index contributed by atoms with van der Waals surface area (Å²) in [6, 6.07) is 8.75. The zero-order chi connectivity index (χ0) is 21.4. The fourth-order valence-corrected chi connectivity index (χ4v) is 2.46. The molecule has 8 nitrogen and oxygen atoms in total. The molecule has 0 unspecified atom stereocenters. The van der Waals surface area contributed by atoms with Crippen LogP contribution in [-0.2, 0) is 22.5 Å². The fourth-order valence-electron chi connectivity index (χ4n) is 2.46. The van der Waals surface area contributed by atoms with Gasteiger partial charge in [-0.3, -0.25) is 9.59 Å². The van der Waals surface area contributed by atoms with E-state index in [4.69, 9.17) is 5.26 Å². The quantitative estimate of drug-likeness (QED) is 0.666. The fraction of sp³-hybridized carbons (Fsp3) is 0.263. The molecule has 29 heavy (non-hydrogen) atoms. The van der Waals surface area contributed by atoms with E-state index in [9.17, 15) is 23.2 Å². The maximum atomic E-state index is 12.1. The van der Waals surface area contributed by atoms with Crippen LogP contribution in [0, 0.1) is 11.3 Å². The number of aromatic nitrogens is 1. The lowest BCUT2D eigenvalue weighted by molar-refractivity contribution is -0.121. The number of carbonyl (C=O) groups excluding carboxylic acids is 2. The molecule has 2 aromatic rings. The number of hydrogen-bond donors (Lipinski definition) is 1. The van der Waals surface area contributed by atoms with Gasteiger partial charge in [-0.15, -0.1) is 0 Å². The molecule has 1 N–H and O–H groups in total. The molecule has 0 bridgehead atoms. The van der Waals surface area contributed by atoms with Gasteiger partial charge in [-0.2, -0.15) is 14.0 Å². The largest absolute Gasteiger partial charge is 0.465 e. The number of ether oxygens (including phenoxy) is 2. The number of nitriles is 1. The molecular weight excluding hydrogens is 388 g/mol. The van der Waals surface area contributed by atoms with Gasteiger partial charge in [0, 0.05) is 12.7 Å². The molecule has 0 fully saturated rings. The van der Waals surface area contributed by atoms with Crippen LogP contribution in [0.15, 0.2) is 41.3 Å². The van der Waals surface area contributed by atoms with E-state index in [-0.39, 0.29) is 30.0 Å². The van der Waals surface area contributed by atoms with Gasteiger partial charge in [-0.05, 0) is 30.2 Å². The Kier molecular flexibility index (Phi) is 7.42. The molecule has 0 spiro atoms. The molecule has 0 atom stereocenters. The number of carbonyl (C=O) groups is 2. The first-order valence-corrected chi connectivity index (χ1v) is 8.37. The summed E-state index contributed by atoms with van der Waals surface area (Å²) in [6.45, 7) is -3.06. The molecule has 152 valence electrons. The number of alkyl halides is 2. The summed E-state index contributed by atoms with van der Waals surface area (Å²) in [7, 11) is 1.16. The van der Waals surface area contributed by atoms with Gasteiger partial charge in [0.1, 0.15) is 23.9 Å². The minimum Gasteiger partial charge on any atom is -0.465 e. The summed E-state index contributed by atoms with van der Waals surface area (Å²) >= 11 is 0. The predicted octanol–water partition coefficient (Wildman–Crippen LogP) is 1.47. The van der Waals surface area contributed by atoms with Gasteiger partial charge in [0.25, 0.3) is 5.56 Å². The summed E-state index contributed by atoms with van der Waals surface area (Å²) in [5, 5.41) is 11.6. The second kappa shape index (κ2) is 9.98. The normalized spacial score (nSPS) is 10.3. The van der Waals surface area contributed by atoms with Crippen LogP contribution in [0.5, 0.6) is 5.75 Å². The summed E-state index contributed by atoms with van der Waals surface area (Å²) < 4.78 is 34.0. The molecule has 0 aliphatic heterocycles. The number of pyridine rings is 1. The van der Waals surface area contributed by atoms with E-state index < -0.39 is 24.0 Å². The molecule has 1 aromatic heterocycles. The van der Waals surface area contributed by atoms with Gasteiger partial charge >= 0.3 is 12.6 Å². The first-order valence-electron chi connectivity index (χ1n) is 8.37. The van der Waals surface area contributed by atoms with Crippen LogP contribution in [0.1, 0.15) is 21.5 Å². The van der Waals surface area contributed by atoms with Crippen LogP contribution in [0.3, 0.4) is 0 Å². The minimum absolute atomic E-state index is 0.0254. The van der Waals surface area contributed by atoms with Crippen molar-refractivity contribution >= 4 is 11.9 Å². The van der Waals surface area contributed by atoms with Crippen LogP contribution in [0.2, 0.25) is 0 Å². The van der Waals surface area contributed by atoms with E-state index in [1.165, 1.54) is 12.1 Å². The molecule has 0 saturated heterocycles. The van der Waals surface area contributed by atoms with Crippen molar-refractivity contribution in [2.75, 3.05) is 13.7 Å². The van der Waals surface area contributed by atoms with Crippen molar-refractivity contribution in [2.45, 2.75) is 19.6 Å². The lowest BCUT2D eigenvalue weighted by Gasteiger charge is -2.10. The first-order chi connectivity index (χ1) is 13.8. The minimum atomic E-state index is -2.90. The highest BCUT2D eigenvalue weighted by molar-refractivity contribution is 5.89. The third-order valence-electron chi connectivity index (χ3n) is 3.83. The van der Waals surface area contributed by atoms with Gasteiger partial charge in [0.15, 0.2) is 0 Å². The van der Waals surface area contributed by atoms with Crippen molar-refractivity contribution in [3.63, 3.8) is 0 Å². The summed E-state index contributed by atoms with van der Waals surface area (Å²) in [5.74, 6) is -1.21. The number of nitrogens with one attached hydrogen (secondary N) is 1. The zero-order valence-electron chi connectivity index (χ0n) is 15.4. The molecule has 0 aliphatic rings. The number of amides is 1. The number of halogens is 2. The molecule has 10 heteroatoms. The van der Waals surface area contributed by atoms with E-state index >= 15 is 0 Å². The number of nitrogens with zero attached hydrogens (tertiary/aromatic N) is 2. The standard InChI is InChI=1S/C19H17F2N3O5/c1-28-18(27)14-8-13(9-22)17(26)24(10-14)11-16(25)23-7-6-12-2-4-15(5-3-12)29-19(20)21/h2-5,8,10,19H,6-7,11H2,1H3,(H,23,25). The third kappa shape index (κ3) is 6.14. The monoisotopic (exact) mass is 405 g/mol. The van der Waals surface area contributed by atoms with Crippen LogP contribution < -0.4 is 15.6 Å². The van der Waals surface area contributed by atoms with Gasteiger partial charge in [0.2, 0.25) is 5.91 Å². The molecule has 0 aliphatic carbocycles. The second-order valence-electron chi connectivity index (χ2n) is 5.80. The lowest BCUT2D eigenvalue weighted by Crippen LogP contribution is -2.34. The second-order valence-corrected chi connectivity index (χ2v) is 5.80. The van der Waals surface area contributed by atoms with E-state index in [1.807, 2.05) is 0 Å². The van der Waals surface area contributed by atoms with Crippen LogP contribution in [0.4, 0.5) is 8.78 Å². The Morgan fingerprint density at radius 3 is 2.55 bits per heavy atom. The average molecular weight is 405 g/mol. The Morgan fingerprint density at radius 1 is 1.28 bits per heavy atom. The van der Waals surface area contributed by atoms with E-state index in [0.717, 1.165) is 29.5 Å². The molecular formula is C19H17F2N3O5. The third-order valence-corrected chi connectivity index (χ3v) is 3.83. The zero-order valence-corrected chi connectivity index (χ0v) is 15.4. The summed E-state index contributed by atoms with van der Waals surface area (Å²) in [5.41, 5.74) is -0.233. The highest BCUT2D eigenvalue weighted by atomic mass is 19.3. The summed E-state index contributed by atoms with van der Waals surface area (Å²) in [6.07, 6.45) is 1.57. The molecule has 0 radical (unpaired) electrons. The van der Waals surface area contributed by atoms with Gasteiger partial charge in [0.05, 0.1) is 12.7 Å². The topological polar surface area (TPSA) is 110 Å². The predicted molar refractivity (Wildman–Crippen MR) is 96.5 cm³/mol. The van der Waals surface area contributed by atoms with Gasteiger partial charge in [-0.1, -0.05) is 12.1 Å². The van der Waals surface area contributed by atoms with E-state index in [0.29, 0.717) is 6.42 Å². The Bertz CT molecular complexity index is 981. The smallest absolute Gasteiger partial charge is 0.387 e. The average Bonchev–Trinajstić information content (AvgIpc) is 2.69. The molecule has 0 saturated carbocycles. The van der Waals surface area contributed by atoms with E-state index in [2.05, 4.69) is 14.8 Å². The van der Waals surface area contributed by atoms with Gasteiger partial charge in [-0.25, -0.2) is 4.79 Å². The van der Waals surface area contributed by atoms with Crippen LogP contribution in [0.25, 0.3) is 0 Å². The van der Waals surface area contributed by atoms with Crippen LogP contribution in [-0.4, -0.2) is 36.7 Å². The molecule has 1 amide bonds. The van der Waals surface area contributed by atoms with Crippen molar-refractivity contribution < 1.29 is 27.8 Å². The van der Waals surface area contributed by atoms with Crippen molar-refractivity contribution in [3.8, 4) is 11.8 Å². The van der Waals surface area contributed by atoms with Crippen molar-refractivity contribution in [1.29, 1.82) is 5.26 Å². The maximum Gasteiger partial charge on any atom is 0.387 e. The number of methoxy groups -OCH3 is 1. The van der Waals surface area contributed by atoms with E-state index in [1.54, 1.807) is 18.2 Å². The summed E-state index contributed by atoms with van der Waals surface area (Å²) in [4.78, 5) is 35.9. The maximum absolute atomic E-state index is 12.1. The first kappa shape index (κ1) is 21.6. The highest BCUT2D eigenvalue weighted by Crippen LogP contribution is 2.15. The SMILES string of the molecule is COC(=O)c1cc(C#N)c(=O)n(CC(=O)NCCc2ccc(OC(F)F)cc2)c1. The van der Waals surface area contributed by atoms with Crippen molar-refractivity contribution in [3.05, 3.63) is 63.6 Å². The molecule has 1 aromatic carbocycles. The Hall–Kier alpha value is -3.74. The van der Waals surface area contributed by atoms with Crippen molar-refractivity contribution in [2.24, 2.45) is 0 Å². The Morgan fingerprint density at radius 2 is 1.97 bits per heavy atom. The Balaban J connectivity index is 1.96. The number of rotatable bonds is 8. The molecule has 1 heterocycles. The lowest BCUT2D eigenvalue weighted by atomic mass is 10.1. The number of benzene rings is 1. The van der Waals surface area contributed by atoms with Crippen LogP contribution >= 0.6 is 0 Å². The Labute approximate surface area is 164 Å². The van der Waals surface area contributed by atoms with Crippen molar-refractivity contribution in [1.82, 2.24) is 9.88 Å². The number of esters is 1.